The zero-order valence-corrected chi connectivity index (χ0v) is 22.6. The van der Waals surface area contributed by atoms with Crippen LogP contribution >= 0.6 is 0 Å². The first-order valence-electron chi connectivity index (χ1n) is 12.7. The quantitative estimate of drug-likeness (QED) is 0.190. The number of aryl methyl sites for hydroxylation is 3. The maximum atomic E-state index is 13.3. The minimum Gasteiger partial charge on any atom is -0.294 e. The lowest BCUT2D eigenvalue weighted by Gasteiger charge is -2.11. The fraction of sp³-hybridized carbons (Fsp3) is 0.241. The Kier molecular flexibility index (Phi) is 8.60. The number of hydrogen-bond donors (Lipinski definition) is 2. The number of aromatic amines is 1. The van der Waals surface area contributed by atoms with Crippen molar-refractivity contribution in [1.29, 1.82) is 0 Å². The van der Waals surface area contributed by atoms with Gasteiger partial charge in [-0.15, -0.1) is 4.28 Å². The zero-order valence-electron chi connectivity index (χ0n) is 21.8. The van der Waals surface area contributed by atoms with Crippen LogP contribution in [0.2, 0.25) is 0 Å². The van der Waals surface area contributed by atoms with Gasteiger partial charge in [0.1, 0.15) is 0 Å². The van der Waals surface area contributed by atoms with Gasteiger partial charge in [-0.3, -0.25) is 14.9 Å². The molecule has 0 unspecified atom stereocenters. The largest absolute Gasteiger partial charge is 0.317 e. The molecule has 4 rings (SSSR count). The maximum Gasteiger partial charge on any atom is 0.317 e. The van der Waals surface area contributed by atoms with Gasteiger partial charge in [0.25, 0.3) is 5.56 Å². The maximum absolute atomic E-state index is 13.3. The summed E-state index contributed by atoms with van der Waals surface area (Å²) in [7, 11) is -4.08. The lowest BCUT2D eigenvalue weighted by Crippen LogP contribution is -2.17. The van der Waals surface area contributed by atoms with E-state index in [1.807, 2.05) is 50.2 Å². The second kappa shape index (κ2) is 12.1. The molecule has 0 amide bonds. The van der Waals surface area contributed by atoms with Crippen LogP contribution in [0.5, 0.6) is 0 Å². The van der Waals surface area contributed by atoms with Crippen molar-refractivity contribution in [3.05, 3.63) is 106 Å². The van der Waals surface area contributed by atoms with E-state index in [0.29, 0.717) is 23.4 Å². The van der Waals surface area contributed by atoms with E-state index in [-0.39, 0.29) is 10.5 Å². The van der Waals surface area contributed by atoms with Gasteiger partial charge >= 0.3 is 10.1 Å². The van der Waals surface area contributed by atoms with Crippen molar-refractivity contribution in [3.63, 3.8) is 0 Å². The Morgan fingerprint density at radius 1 is 0.921 bits per heavy atom. The van der Waals surface area contributed by atoms with Crippen LogP contribution in [0.3, 0.4) is 0 Å². The Morgan fingerprint density at radius 3 is 2.26 bits per heavy atom. The number of nitrogens with one attached hydrogen (secondary N) is 2. The van der Waals surface area contributed by atoms with Crippen LogP contribution in [-0.2, 0) is 33.7 Å². The highest BCUT2D eigenvalue weighted by Gasteiger charge is 2.18. The van der Waals surface area contributed by atoms with Gasteiger partial charge in [0.15, 0.2) is 0 Å². The van der Waals surface area contributed by atoms with Gasteiger partial charge in [0, 0.05) is 11.9 Å². The second-order valence-electron chi connectivity index (χ2n) is 8.78. The smallest absolute Gasteiger partial charge is 0.294 e. The second-order valence-corrected chi connectivity index (χ2v) is 10.3. The molecular formula is C29H32N4O4S. The molecule has 0 bridgehead atoms. The number of hydrogen-bond acceptors (Lipinski definition) is 6. The number of aromatic nitrogens is 2. The standard InChI is InChI=1S/C29H32N4O4S/c1-4-11-28-25(20-30-26-14-9-7-12-21(26)5-2)29(34)33(31-28)23-16-18-24(19-17-23)38(35,36)37-32-27-15-10-8-13-22(27)6-3/h7-10,12-20,31-32H,4-6,11H2,1-3H3. The van der Waals surface area contributed by atoms with Crippen LogP contribution in [0.15, 0.2) is 87.5 Å². The first-order chi connectivity index (χ1) is 18.4. The average molecular weight is 533 g/mol. The van der Waals surface area contributed by atoms with E-state index < -0.39 is 10.1 Å². The van der Waals surface area contributed by atoms with Crippen molar-refractivity contribution in [2.75, 3.05) is 5.48 Å². The van der Waals surface area contributed by atoms with E-state index in [2.05, 4.69) is 22.5 Å². The minimum absolute atomic E-state index is 0.0333. The van der Waals surface area contributed by atoms with Crippen molar-refractivity contribution >= 4 is 27.7 Å². The SMILES string of the molecule is CCCc1[nH]n(-c2ccc(S(=O)(=O)ONc3ccccc3CC)cc2)c(=O)c1C=Nc1ccccc1CC. The lowest BCUT2D eigenvalue weighted by molar-refractivity contribution is 0.390. The monoisotopic (exact) mass is 532 g/mol. The van der Waals surface area contributed by atoms with Gasteiger partial charge in [-0.2, -0.15) is 8.42 Å². The molecule has 4 aromatic rings. The van der Waals surface area contributed by atoms with Crippen LogP contribution in [-0.4, -0.2) is 24.4 Å². The Hall–Kier alpha value is -3.95. The van der Waals surface area contributed by atoms with Gasteiger partial charge in [-0.25, -0.2) is 10.2 Å². The Bertz CT molecular complexity index is 1590. The molecule has 0 saturated heterocycles. The number of benzene rings is 3. The van der Waals surface area contributed by atoms with Crippen LogP contribution in [0.1, 0.15) is 49.6 Å². The molecule has 1 heterocycles. The van der Waals surface area contributed by atoms with E-state index in [0.717, 1.165) is 41.8 Å². The summed E-state index contributed by atoms with van der Waals surface area (Å²) in [5.74, 6) is 0. The van der Waals surface area contributed by atoms with E-state index in [4.69, 9.17) is 4.28 Å². The highest BCUT2D eigenvalue weighted by Crippen LogP contribution is 2.21. The molecule has 9 heteroatoms. The molecule has 3 aromatic carbocycles. The van der Waals surface area contributed by atoms with Gasteiger partial charge in [-0.1, -0.05) is 63.6 Å². The molecule has 0 fully saturated rings. The Balaban J connectivity index is 1.59. The third-order valence-electron chi connectivity index (χ3n) is 6.25. The van der Waals surface area contributed by atoms with Crippen LogP contribution in [0, 0.1) is 0 Å². The number of rotatable bonds is 11. The molecule has 0 spiro atoms. The topological polar surface area (TPSA) is 106 Å². The summed E-state index contributed by atoms with van der Waals surface area (Å²) in [5.41, 5.74) is 7.51. The number of nitrogens with zero attached hydrogens (tertiary/aromatic N) is 2. The van der Waals surface area contributed by atoms with Crippen molar-refractivity contribution in [2.24, 2.45) is 4.99 Å². The Labute approximate surface area is 223 Å². The highest BCUT2D eigenvalue weighted by molar-refractivity contribution is 7.86. The summed E-state index contributed by atoms with van der Waals surface area (Å²) in [5, 5.41) is 3.17. The van der Waals surface area contributed by atoms with Crippen molar-refractivity contribution in [2.45, 2.75) is 51.3 Å². The molecule has 0 radical (unpaired) electrons. The summed E-state index contributed by atoms with van der Waals surface area (Å²) < 4.78 is 32.0. The molecule has 8 nitrogen and oxygen atoms in total. The normalized spacial score (nSPS) is 11.8. The predicted octanol–water partition coefficient (Wildman–Crippen LogP) is 5.73. The van der Waals surface area contributed by atoms with Gasteiger partial charge in [0.2, 0.25) is 0 Å². The van der Waals surface area contributed by atoms with E-state index in [1.54, 1.807) is 30.5 Å². The average Bonchev–Trinajstić information content (AvgIpc) is 3.25. The van der Waals surface area contributed by atoms with Crippen LogP contribution in [0.25, 0.3) is 5.69 Å². The van der Waals surface area contributed by atoms with Gasteiger partial charge in [-0.05, 0) is 66.8 Å². The zero-order chi connectivity index (χ0) is 27.1. The van der Waals surface area contributed by atoms with E-state index >= 15 is 0 Å². The summed E-state index contributed by atoms with van der Waals surface area (Å²) >= 11 is 0. The van der Waals surface area contributed by atoms with Crippen molar-refractivity contribution in [3.8, 4) is 5.69 Å². The fourth-order valence-corrected chi connectivity index (χ4v) is 4.92. The molecule has 0 saturated carbocycles. The van der Waals surface area contributed by atoms with Crippen LogP contribution in [0.4, 0.5) is 11.4 Å². The summed E-state index contributed by atoms with van der Waals surface area (Å²) in [6, 6.07) is 21.1. The van der Waals surface area contributed by atoms with Crippen molar-refractivity contribution in [1.82, 2.24) is 9.78 Å². The number of para-hydroxylation sites is 2. The third kappa shape index (κ3) is 5.95. The molecular weight excluding hydrogens is 500 g/mol. The fourth-order valence-electron chi connectivity index (χ4n) is 4.16. The summed E-state index contributed by atoms with van der Waals surface area (Å²) in [6.07, 6.45) is 4.69. The molecule has 0 aliphatic rings. The van der Waals surface area contributed by atoms with Crippen molar-refractivity contribution < 1.29 is 12.7 Å². The van der Waals surface area contributed by atoms with Gasteiger partial charge in [0.05, 0.1) is 27.5 Å². The summed E-state index contributed by atoms with van der Waals surface area (Å²) in [6.45, 7) is 6.08. The number of anilines is 1. The van der Waals surface area contributed by atoms with Gasteiger partial charge < -0.3 is 0 Å². The first kappa shape index (κ1) is 27.1. The number of aliphatic imine (C=N–C) groups is 1. The molecule has 1 aromatic heterocycles. The molecule has 38 heavy (non-hydrogen) atoms. The molecule has 198 valence electrons. The Morgan fingerprint density at radius 2 is 1.58 bits per heavy atom. The van der Waals surface area contributed by atoms with E-state index in [1.165, 1.54) is 16.8 Å². The lowest BCUT2D eigenvalue weighted by atomic mass is 10.1. The third-order valence-corrected chi connectivity index (χ3v) is 7.41. The minimum atomic E-state index is -4.08. The van der Waals surface area contributed by atoms with Crippen LogP contribution < -0.4 is 11.0 Å². The summed E-state index contributed by atoms with van der Waals surface area (Å²) in [4.78, 5) is 17.9. The molecule has 2 N–H and O–H groups in total. The van der Waals surface area contributed by atoms with E-state index in [9.17, 15) is 13.2 Å². The predicted molar refractivity (Wildman–Crippen MR) is 151 cm³/mol. The highest BCUT2D eigenvalue weighted by atomic mass is 32.2. The molecule has 0 aliphatic heterocycles. The molecule has 0 atom stereocenters. The molecule has 0 aliphatic carbocycles. The first-order valence-corrected chi connectivity index (χ1v) is 14.1. The number of H-pyrrole nitrogens is 1.